The largest absolute Gasteiger partial charge is 0.481 e. The van der Waals surface area contributed by atoms with Gasteiger partial charge in [0, 0.05) is 32.4 Å². The second kappa shape index (κ2) is 24.3. The van der Waals surface area contributed by atoms with Gasteiger partial charge < -0.3 is 35.8 Å². The SMILES string of the molecule is CC(C)C[C@H](NC(=O)[C@H](CCc1ccccc1)NC(=O)CN1CCOCC1)C(=O)N[C@@H](Cc1ccccc1)C(=O)N[C@@H](CC(C)C)C(=NNC(=O)CCCC(=O)O)[C@@]1(C)CO1. The van der Waals surface area contributed by atoms with Gasteiger partial charge in [-0.2, -0.15) is 5.10 Å². The third-order valence-corrected chi connectivity index (χ3v) is 10.5. The summed E-state index contributed by atoms with van der Waals surface area (Å²) in [5.74, 6) is -3.29. The Morgan fingerprint density at radius 3 is 1.85 bits per heavy atom. The molecule has 0 aliphatic carbocycles. The topological polar surface area (TPSA) is 220 Å². The summed E-state index contributed by atoms with van der Waals surface area (Å²) in [6.07, 6.45) is 1.57. The molecule has 0 radical (unpaired) electrons. The lowest BCUT2D eigenvalue weighted by molar-refractivity contribution is -0.137. The van der Waals surface area contributed by atoms with Crippen molar-refractivity contribution in [3.63, 3.8) is 0 Å². The van der Waals surface area contributed by atoms with Crippen LogP contribution in [0.5, 0.6) is 0 Å². The number of hydrogen-bond donors (Lipinski definition) is 6. The van der Waals surface area contributed by atoms with Crippen LogP contribution in [0.25, 0.3) is 0 Å². The van der Waals surface area contributed by atoms with Crippen LogP contribution in [0.1, 0.15) is 84.3 Å². The minimum atomic E-state index is -1.09. The summed E-state index contributed by atoms with van der Waals surface area (Å²) in [4.78, 5) is 81.7. The molecule has 61 heavy (non-hydrogen) atoms. The van der Waals surface area contributed by atoms with E-state index in [1.807, 2.05) is 100 Å². The number of morpholine rings is 1. The highest BCUT2D eigenvalue weighted by Gasteiger charge is 2.49. The van der Waals surface area contributed by atoms with Gasteiger partial charge in [-0.3, -0.25) is 33.7 Å². The Kier molecular flexibility index (Phi) is 19.3. The van der Waals surface area contributed by atoms with Gasteiger partial charge in [-0.15, -0.1) is 0 Å². The van der Waals surface area contributed by atoms with E-state index >= 15 is 0 Å². The molecule has 2 saturated heterocycles. The van der Waals surface area contributed by atoms with Gasteiger partial charge in [0.1, 0.15) is 23.7 Å². The fourth-order valence-electron chi connectivity index (χ4n) is 7.12. The molecule has 2 aromatic rings. The number of amides is 5. The summed E-state index contributed by atoms with van der Waals surface area (Å²) in [5, 5.41) is 25.3. The number of nitrogens with zero attached hydrogens (tertiary/aromatic N) is 2. The number of carbonyl (C=O) groups is 6. The molecule has 5 atom stereocenters. The van der Waals surface area contributed by atoms with Gasteiger partial charge in [0.15, 0.2) is 0 Å². The molecule has 0 spiro atoms. The van der Waals surface area contributed by atoms with Crippen molar-refractivity contribution in [1.82, 2.24) is 31.6 Å². The monoisotopic (exact) mass is 847 g/mol. The van der Waals surface area contributed by atoms with Crippen LogP contribution in [-0.2, 0) is 51.1 Å². The van der Waals surface area contributed by atoms with E-state index < -0.39 is 59.4 Å². The average molecular weight is 848 g/mol. The molecule has 0 unspecified atom stereocenters. The molecule has 2 aliphatic rings. The van der Waals surface area contributed by atoms with Crippen LogP contribution >= 0.6 is 0 Å². The normalized spacial score (nSPS) is 18.6. The second-order valence-electron chi connectivity index (χ2n) is 17.0. The first kappa shape index (κ1) is 48.5. The predicted molar refractivity (Wildman–Crippen MR) is 230 cm³/mol. The number of aliphatic carboxylic acids is 1. The predicted octanol–water partition coefficient (Wildman–Crippen LogP) is 2.74. The number of hydrogen-bond acceptors (Lipinski definition) is 10. The molecule has 2 heterocycles. The van der Waals surface area contributed by atoms with Crippen LogP contribution in [0.15, 0.2) is 65.8 Å². The number of hydrazone groups is 1. The number of rotatable bonds is 25. The highest BCUT2D eigenvalue weighted by Crippen LogP contribution is 2.31. The van der Waals surface area contributed by atoms with E-state index in [2.05, 4.69) is 31.8 Å². The molecule has 0 bridgehead atoms. The fraction of sp³-hybridized carbons (Fsp3) is 0.578. The Labute approximate surface area is 359 Å². The number of nitrogens with one attached hydrogen (secondary N) is 5. The average Bonchev–Trinajstić information content (AvgIpc) is 3.96. The fourth-order valence-corrected chi connectivity index (χ4v) is 7.12. The molecule has 6 N–H and O–H groups in total. The third kappa shape index (κ3) is 17.4. The molecule has 0 saturated carbocycles. The van der Waals surface area contributed by atoms with Crippen molar-refractivity contribution in [2.75, 3.05) is 39.5 Å². The van der Waals surface area contributed by atoms with Crippen LogP contribution in [-0.4, -0.2) is 120 Å². The van der Waals surface area contributed by atoms with Crippen molar-refractivity contribution in [2.45, 2.75) is 116 Å². The molecule has 334 valence electrons. The van der Waals surface area contributed by atoms with Gasteiger partial charge in [0.25, 0.3) is 0 Å². The number of carboxylic acids is 1. The minimum Gasteiger partial charge on any atom is -0.481 e. The second-order valence-corrected chi connectivity index (χ2v) is 17.0. The molecule has 16 heteroatoms. The first-order chi connectivity index (χ1) is 29.1. The lowest BCUT2D eigenvalue weighted by Crippen LogP contribution is -2.59. The highest BCUT2D eigenvalue weighted by molar-refractivity contribution is 6.02. The maximum atomic E-state index is 14.4. The van der Waals surface area contributed by atoms with Gasteiger partial charge in [-0.1, -0.05) is 88.4 Å². The Balaban J connectivity index is 1.55. The minimum absolute atomic E-state index is 0.0241. The Bertz CT molecular complexity index is 1780. The highest BCUT2D eigenvalue weighted by atomic mass is 16.6. The third-order valence-electron chi connectivity index (χ3n) is 10.5. The summed E-state index contributed by atoms with van der Waals surface area (Å²) in [6.45, 7) is 12.3. The van der Waals surface area contributed by atoms with Gasteiger partial charge in [-0.25, -0.2) is 5.43 Å². The Morgan fingerprint density at radius 2 is 1.26 bits per heavy atom. The molecular weight excluding hydrogens is 783 g/mol. The summed E-state index contributed by atoms with van der Waals surface area (Å²) in [7, 11) is 0. The number of benzene rings is 2. The molecule has 2 aromatic carbocycles. The van der Waals surface area contributed by atoms with E-state index in [1.54, 1.807) is 0 Å². The van der Waals surface area contributed by atoms with Crippen LogP contribution in [0.2, 0.25) is 0 Å². The quantitative estimate of drug-likeness (QED) is 0.0488. The van der Waals surface area contributed by atoms with Gasteiger partial charge in [-0.05, 0) is 62.0 Å². The van der Waals surface area contributed by atoms with Crippen molar-refractivity contribution in [3.8, 4) is 0 Å². The maximum absolute atomic E-state index is 14.4. The van der Waals surface area contributed by atoms with Crippen molar-refractivity contribution in [3.05, 3.63) is 71.8 Å². The van der Waals surface area contributed by atoms with Crippen LogP contribution in [0.3, 0.4) is 0 Å². The molecular formula is C45H65N7O9. The van der Waals surface area contributed by atoms with E-state index in [9.17, 15) is 28.8 Å². The van der Waals surface area contributed by atoms with E-state index in [-0.39, 0.29) is 56.4 Å². The van der Waals surface area contributed by atoms with Crippen molar-refractivity contribution < 1.29 is 43.3 Å². The standard InChI is InChI=1S/C45H65N7O9/c1-30(2)25-35(41(45(5)29-61-45)51-50-38(53)17-12-18-40(55)56)47-44(59)37(27-33-15-10-7-11-16-33)49-43(58)36(26-31(3)4)48-42(57)34(20-19-32-13-8-6-9-14-32)46-39(54)28-52-21-23-60-24-22-52/h6-11,13-16,30-31,34-37H,12,17-29H2,1-5H3,(H,46,54)(H,47,59)(H,48,57)(H,49,58)(H,50,53)(H,55,56)/t34-,35-,36-,37-,45+/m0/s1. The Hall–Kier alpha value is -5.19. The number of epoxide rings is 1. The van der Waals surface area contributed by atoms with E-state index in [0.29, 0.717) is 57.9 Å². The van der Waals surface area contributed by atoms with E-state index in [4.69, 9.17) is 14.6 Å². The van der Waals surface area contributed by atoms with Crippen molar-refractivity contribution >= 4 is 41.2 Å². The molecule has 4 rings (SSSR count). The van der Waals surface area contributed by atoms with Crippen LogP contribution < -0.4 is 26.7 Å². The summed E-state index contributed by atoms with van der Waals surface area (Å²) >= 11 is 0. The zero-order valence-electron chi connectivity index (χ0n) is 36.2. The Morgan fingerprint density at radius 1 is 0.721 bits per heavy atom. The van der Waals surface area contributed by atoms with Crippen LogP contribution in [0.4, 0.5) is 0 Å². The smallest absolute Gasteiger partial charge is 0.303 e. The summed E-state index contributed by atoms with van der Waals surface area (Å²) in [5.41, 5.74) is 3.85. The number of carbonyl (C=O) groups excluding carboxylic acids is 5. The van der Waals surface area contributed by atoms with E-state index in [1.165, 1.54) is 0 Å². The zero-order valence-corrected chi connectivity index (χ0v) is 36.2. The van der Waals surface area contributed by atoms with E-state index in [0.717, 1.165) is 11.1 Å². The van der Waals surface area contributed by atoms with Crippen molar-refractivity contribution in [2.24, 2.45) is 16.9 Å². The zero-order chi connectivity index (χ0) is 44.4. The summed E-state index contributed by atoms with van der Waals surface area (Å²) < 4.78 is 11.2. The number of ether oxygens (including phenoxy) is 2. The molecule has 0 aromatic heterocycles. The van der Waals surface area contributed by atoms with Gasteiger partial charge >= 0.3 is 5.97 Å². The maximum Gasteiger partial charge on any atom is 0.303 e. The molecule has 16 nitrogen and oxygen atoms in total. The lowest BCUT2D eigenvalue weighted by Gasteiger charge is -2.29. The van der Waals surface area contributed by atoms with Gasteiger partial charge in [0.05, 0.1) is 38.1 Å². The van der Waals surface area contributed by atoms with Crippen molar-refractivity contribution in [1.29, 1.82) is 0 Å². The molecule has 2 fully saturated rings. The van der Waals surface area contributed by atoms with Crippen LogP contribution in [0, 0.1) is 11.8 Å². The number of aryl methyl sites for hydroxylation is 1. The first-order valence-corrected chi connectivity index (χ1v) is 21.4. The molecule has 5 amide bonds. The summed E-state index contributed by atoms with van der Waals surface area (Å²) in [6, 6.07) is 15.1. The lowest BCUT2D eigenvalue weighted by atomic mass is 9.92. The molecule has 2 aliphatic heterocycles. The first-order valence-electron chi connectivity index (χ1n) is 21.4. The van der Waals surface area contributed by atoms with Gasteiger partial charge in [0.2, 0.25) is 29.5 Å². The number of carboxylic acid groups (broad SMARTS) is 1.